The molecule has 0 aliphatic rings. The van der Waals surface area contributed by atoms with Gasteiger partial charge in [-0.05, 0) is 46.5 Å². The van der Waals surface area contributed by atoms with Crippen molar-refractivity contribution < 1.29 is 10.2 Å². The Labute approximate surface area is 105 Å². The Balaban J connectivity index is 3.99. The molecule has 0 radical (unpaired) electrons. The molecule has 0 aliphatic carbocycles. The molecular formula is C15H26O2. The van der Waals surface area contributed by atoms with Crippen molar-refractivity contribution in [3.8, 4) is 0 Å². The average molecular weight is 238 g/mol. The molecule has 0 rings (SSSR count). The molecule has 98 valence electrons. The highest BCUT2D eigenvalue weighted by atomic mass is 16.3. The molecule has 2 heteroatoms. The van der Waals surface area contributed by atoms with E-state index < -0.39 is 5.60 Å². The standard InChI is InChI=1S/C15H26O2/c1-5-15(17,12-16)11-7-10-14(4)9-6-8-13(2)3/h5,8,10,16-17H,1,6-7,9,11-12H2,2-4H3/b14-10+/t15-/m1/s1. The first-order valence-electron chi connectivity index (χ1n) is 6.19. The van der Waals surface area contributed by atoms with Gasteiger partial charge in [0.15, 0.2) is 0 Å². The number of hydrogen-bond donors (Lipinski definition) is 2. The van der Waals surface area contributed by atoms with Crippen LogP contribution in [0, 0.1) is 0 Å². The average Bonchev–Trinajstić information content (AvgIpc) is 2.28. The quantitative estimate of drug-likeness (QED) is 0.636. The van der Waals surface area contributed by atoms with Gasteiger partial charge in [0, 0.05) is 0 Å². The maximum Gasteiger partial charge on any atom is 0.106 e. The molecule has 0 aromatic carbocycles. The smallest absolute Gasteiger partial charge is 0.106 e. The number of aliphatic hydroxyl groups is 2. The Morgan fingerprint density at radius 1 is 1.18 bits per heavy atom. The van der Waals surface area contributed by atoms with Crippen LogP contribution in [0.15, 0.2) is 36.0 Å². The zero-order valence-electron chi connectivity index (χ0n) is 11.4. The van der Waals surface area contributed by atoms with E-state index in [-0.39, 0.29) is 6.61 Å². The van der Waals surface area contributed by atoms with E-state index in [4.69, 9.17) is 5.11 Å². The van der Waals surface area contributed by atoms with Crippen molar-refractivity contribution in [2.45, 2.75) is 52.1 Å². The first-order valence-corrected chi connectivity index (χ1v) is 6.19. The molecule has 0 aromatic heterocycles. The lowest BCUT2D eigenvalue weighted by molar-refractivity contribution is 0.0214. The molecule has 0 amide bonds. The van der Waals surface area contributed by atoms with Crippen molar-refractivity contribution in [1.29, 1.82) is 0 Å². The van der Waals surface area contributed by atoms with Gasteiger partial charge < -0.3 is 10.2 Å². The normalized spacial score (nSPS) is 15.2. The minimum absolute atomic E-state index is 0.263. The van der Waals surface area contributed by atoms with Crippen LogP contribution in [0.1, 0.15) is 46.5 Å². The fourth-order valence-electron chi connectivity index (χ4n) is 1.50. The second-order valence-electron chi connectivity index (χ2n) is 4.88. The third-order valence-electron chi connectivity index (χ3n) is 2.82. The molecular weight excluding hydrogens is 212 g/mol. The van der Waals surface area contributed by atoms with Gasteiger partial charge in [-0.2, -0.15) is 0 Å². The maximum atomic E-state index is 9.78. The number of hydrogen-bond acceptors (Lipinski definition) is 2. The molecule has 0 spiro atoms. The molecule has 2 nitrogen and oxygen atoms in total. The Morgan fingerprint density at radius 2 is 1.82 bits per heavy atom. The van der Waals surface area contributed by atoms with Crippen LogP contribution in [0.2, 0.25) is 0 Å². The van der Waals surface area contributed by atoms with Crippen LogP contribution in [0.3, 0.4) is 0 Å². The zero-order chi connectivity index (χ0) is 13.3. The van der Waals surface area contributed by atoms with Gasteiger partial charge in [0.2, 0.25) is 0 Å². The first kappa shape index (κ1) is 16.1. The Morgan fingerprint density at radius 3 is 2.29 bits per heavy atom. The van der Waals surface area contributed by atoms with Crippen molar-refractivity contribution in [1.82, 2.24) is 0 Å². The second kappa shape index (κ2) is 8.26. The molecule has 0 saturated carbocycles. The Bertz CT molecular complexity index is 285. The van der Waals surface area contributed by atoms with Gasteiger partial charge in [0.25, 0.3) is 0 Å². The fourth-order valence-corrected chi connectivity index (χ4v) is 1.50. The van der Waals surface area contributed by atoms with Crippen molar-refractivity contribution in [3.63, 3.8) is 0 Å². The molecule has 1 atom stereocenters. The molecule has 2 N–H and O–H groups in total. The van der Waals surface area contributed by atoms with Crippen molar-refractivity contribution in [2.24, 2.45) is 0 Å². The third kappa shape index (κ3) is 7.94. The minimum Gasteiger partial charge on any atom is -0.393 e. The molecule has 0 heterocycles. The maximum absolute atomic E-state index is 9.78. The summed E-state index contributed by atoms with van der Waals surface area (Å²) in [6.45, 7) is 9.57. The van der Waals surface area contributed by atoms with Gasteiger partial charge in [-0.25, -0.2) is 0 Å². The topological polar surface area (TPSA) is 40.5 Å². The number of rotatable bonds is 8. The summed E-state index contributed by atoms with van der Waals surface area (Å²) >= 11 is 0. The summed E-state index contributed by atoms with van der Waals surface area (Å²) < 4.78 is 0. The molecule has 0 aromatic rings. The van der Waals surface area contributed by atoms with E-state index in [0.717, 1.165) is 19.3 Å². The van der Waals surface area contributed by atoms with Crippen LogP contribution in [-0.4, -0.2) is 22.4 Å². The molecule has 0 unspecified atom stereocenters. The van der Waals surface area contributed by atoms with E-state index in [1.165, 1.54) is 17.2 Å². The predicted molar refractivity (Wildman–Crippen MR) is 73.9 cm³/mol. The van der Waals surface area contributed by atoms with E-state index in [1.54, 1.807) is 0 Å². The van der Waals surface area contributed by atoms with E-state index in [9.17, 15) is 5.11 Å². The Hall–Kier alpha value is -0.860. The lowest BCUT2D eigenvalue weighted by Crippen LogP contribution is -2.29. The summed E-state index contributed by atoms with van der Waals surface area (Å²) in [7, 11) is 0. The summed E-state index contributed by atoms with van der Waals surface area (Å²) in [6.07, 6.45) is 9.18. The zero-order valence-corrected chi connectivity index (χ0v) is 11.4. The Kier molecular flexibility index (Phi) is 7.85. The number of allylic oxidation sites excluding steroid dienone is 4. The first-order chi connectivity index (χ1) is 7.93. The lowest BCUT2D eigenvalue weighted by Gasteiger charge is -2.20. The summed E-state index contributed by atoms with van der Waals surface area (Å²) in [5.74, 6) is 0. The van der Waals surface area contributed by atoms with Gasteiger partial charge in [0.05, 0.1) is 6.61 Å². The SMILES string of the molecule is C=C[C@](O)(CO)CC/C=C(\C)CCC=C(C)C. The molecule has 0 bridgehead atoms. The van der Waals surface area contributed by atoms with Gasteiger partial charge >= 0.3 is 0 Å². The van der Waals surface area contributed by atoms with Crippen molar-refractivity contribution >= 4 is 0 Å². The second-order valence-corrected chi connectivity index (χ2v) is 4.88. The third-order valence-corrected chi connectivity index (χ3v) is 2.82. The van der Waals surface area contributed by atoms with E-state index in [1.807, 2.05) is 0 Å². The summed E-state index contributed by atoms with van der Waals surface area (Å²) in [5.41, 5.74) is 1.54. The summed E-state index contributed by atoms with van der Waals surface area (Å²) in [5, 5.41) is 18.8. The molecule has 17 heavy (non-hydrogen) atoms. The minimum atomic E-state index is -1.13. The van der Waals surface area contributed by atoms with Crippen LogP contribution in [0.25, 0.3) is 0 Å². The van der Waals surface area contributed by atoms with Crippen LogP contribution in [0.5, 0.6) is 0 Å². The van der Waals surface area contributed by atoms with E-state index in [2.05, 4.69) is 39.5 Å². The van der Waals surface area contributed by atoms with Gasteiger partial charge in [-0.1, -0.05) is 29.4 Å². The summed E-state index contributed by atoms with van der Waals surface area (Å²) in [4.78, 5) is 0. The van der Waals surface area contributed by atoms with Crippen LogP contribution in [0.4, 0.5) is 0 Å². The van der Waals surface area contributed by atoms with Crippen LogP contribution < -0.4 is 0 Å². The monoisotopic (exact) mass is 238 g/mol. The highest BCUT2D eigenvalue weighted by Gasteiger charge is 2.19. The van der Waals surface area contributed by atoms with E-state index >= 15 is 0 Å². The van der Waals surface area contributed by atoms with E-state index in [0.29, 0.717) is 6.42 Å². The van der Waals surface area contributed by atoms with Gasteiger partial charge in [-0.15, -0.1) is 6.58 Å². The van der Waals surface area contributed by atoms with Crippen LogP contribution in [-0.2, 0) is 0 Å². The largest absolute Gasteiger partial charge is 0.393 e. The van der Waals surface area contributed by atoms with Gasteiger partial charge in [-0.3, -0.25) is 0 Å². The van der Waals surface area contributed by atoms with Crippen molar-refractivity contribution in [2.75, 3.05) is 6.61 Å². The van der Waals surface area contributed by atoms with Crippen molar-refractivity contribution in [3.05, 3.63) is 36.0 Å². The molecule has 0 aliphatic heterocycles. The summed E-state index contributed by atoms with van der Waals surface area (Å²) in [6, 6.07) is 0. The predicted octanol–water partition coefficient (Wildman–Crippen LogP) is 3.37. The molecule has 0 saturated heterocycles. The van der Waals surface area contributed by atoms with Crippen LogP contribution >= 0.6 is 0 Å². The highest BCUT2D eigenvalue weighted by molar-refractivity contribution is 5.04. The lowest BCUT2D eigenvalue weighted by atomic mass is 9.97. The fraction of sp³-hybridized carbons (Fsp3) is 0.600. The highest BCUT2D eigenvalue weighted by Crippen LogP contribution is 2.16. The van der Waals surface area contributed by atoms with Gasteiger partial charge in [0.1, 0.15) is 5.60 Å². The molecule has 0 fully saturated rings. The number of aliphatic hydroxyl groups excluding tert-OH is 1.